The number of hydrogen-bond donors (Lipinski definition) is 2. The summed E-state index contributed by atoms with van der Waals surface area (Å²) in [6.45, 7) is 3.04. The van der Waals surface area contributed by atoms with Gasteiger partial charge in [-0.1, -0.05) is 5.18 Å². The molecule has 2 aliphatic heterocycles. The van der Waals surface area contributed by atoms with Gasteiger partial charge < -0.3 is 20.7 Å². The van der Waals surface area contributed by atoms with E-state index < -0.39 is 18.0 Å². The van der Waals surface area contributed by atoms with Crippen molar-refractivity contribution >= 4 is 23.4 Å². The summed E-state index contributed by atoms with van der Waals surface area (Å²) in [5.74, 6) is -0.525. The number of amides is 2. The zero-order valence-corrected chi connectivity index (χ0v) is 15.4. The summed E-state index contributed by atoms with van der Waals surface area (Å²) in [4.78, 5) is 37.0. The Balaban J connectivity index is 1.45. The van der Waals surface area contributed by atoms with Crippen LogP contribution in [-0.4, -0.2) is 56.9 Å². The Hall–Kier alpha value is -2.75. The van der Waals surface area contributed by atoms with Crippen LogP contribution in [0, 0.1) is 22.1 Å². The molecule has 4 atom stereocenters. The molecule has 0 radical (unpaired) electrons. The first-order valence-corrected chi connectivity index (χ1v) is 9.17. The highest BCUT2D eigenvalue weighted by Crippen LogP contribution is 2.57. The van der Waals surface area contributed by atoms with Crippen LogP contribution in [0.15, 0.2) is 23.4 Å². The van der Waals surface area contributed by atoms with Crippen molar-refractivity contribution in [1.29, 1.82) is 0 Å². The van der Waals surface area contributed by atoms with Gasteiger partial charge >= 0.3 is 6.09 Å². The molecular weight excluding hydrogens is 369 g/mol. The third-order valence-corrected chi connectivity index (χ3v) is 6.02. The number of cyclic esters (lactones) is 1. The van der Waals surface area contributed by atoms with E-state index in [4.69, 9.17) is 10.5 Å². The van der Waals surface area contributed by atoms with Crippen molar-refractivity contribution in [2.75, 3.05) is 42.5 Å². The molecule has 0 aromatic heterocycles. The number of carbonyl (C=O) groups is 2. The number of nitrogens with zero attached hydrogens (tertiary/aromatic N) is 3. The highest BCUT2D eigenvalue weighted by Gasteiger charge is 2.67. The summed E-state index contributed by atoms with van der Waals surface area (Å²) in [6, 6.07) is 4.52. The second kappa shape index (κ2) is 6.69. The molecule has 3 aliphatic rings. The quantitative estimate of drug-likeness (QED) is 0.693. The lowest BCUT2D eigenvalue weighted by Gasteiger charge is -2.25. The van der Waals surface area contributed by atoms with Crippen molar-refractivity contribution in [2.45, 2.75) is 19.1 Å². The van der Waals surface area contributed by atoms with Gasteiger partial charge in [0.05, 0.1) is 31.0 Å². The van der Waals surface area contributed by atoms with Gasteiger partial charge in [-0.3, -0.25) is 9.69 Å². The molecule has 1 aromatic rings. The van der Waals surface area contributed by atoms with E-state index in [0.29, 0.717) is 24.5 Å². The van der Waals surface area contributed by atoms with Crippen molar-refractivity contribution < 1.29 is 18.7 Å². The number of nitrogens with two attached hydrogens (primary N) is 1. The minimum absolute atomic E-state index is 0.0660. The summed E-state index contributed by atoms with van der Waals surface area (Å²) in [6.07, 6.45) is -1.06. The van der Waals surface area contributed by atoms with Crippen molar-refractivity contribution in [3.8, 4) is 0 Å². The minimum Gasteiger partial charge on any atom is -0.442 e. The SMILES string of the molecule is CC(=O)NC[C@H]1CN(c2ccc(N3C[C@H]4[C@H](N)[C@@]4(CN=O)C3)c(F)c2)C(=O)O1. The van der Waals surface area contributed by atoms with Gasteiger partial charge in [-0.05, 0) is 18.2 Å². The van der Waals surface area contributed by atoms with E-state index in [1.807, 2.05) is 4.90 Å². The third kappa shape index (κ3) is 2.97. The van der Waals surface area contributed by atoms with Gasteiger partial charge in [-0.25, -0.2) is 9.18 Å². The fraction of sp³-hybridized carbons (Fsp3) is 0.556. The first-order chi connectivity index (χ1) is 13.4. The number of rotatable bonds is 6. The zero-order chi connectivity index (χ0) is 20.1. The molecule has 10 heteroatoms. The fourth-order valence-electron chi connectivity index (χ4n) is 4.38. The van der Waals surface area contributed by atoms with Gasteiger partial charge in [0, 0.05) is 37.4 Å². The first-order valence-electron chi connectivity index (χ1n) is 9.17. The molecule has 9 nitrogen and oxygen atoms in total. The van der Waals surface area contributed by atoms with E-state index in [1.54, 1.807) is 12.1 Å². The van der Waals surface area contributed by atoms with Gasteiger partial charge in [-0.15, -0.1) is 0 Å². The normalized spacial score (nSPS) is 30.8. The average Bonchev–Trinajstić information content (AvgIpc) is 2.98. The van der Waals surface area contributed by atoms with Gasteiger partial charge in [0.15, 0.2) is 0 Å². The number of fused-ring (bicyclic) bond motifs is 1. The zero-order valence-electron chi connectivity index (χ0n) is 15.4. The van der Waals surface area contributed by atoms with Crippen LogP contribution in [0.5, 0.6) is 0 Å². The number of anilines is 2. The maximum atomic E-state index is 14.8. The van der Waals surface area contributed by atoms with Crippen molar-refractivity contribution in [3.63, 3.8) is 0 Å². The van der Waals surface area contributed by atoms with Crippen LogP contribution < -0.4 is 20.9 Å². The Morgan fingerprint density at radius 3 is 2.93 bits per heavy atom. The molecule has 28 heavy (non-hydrogen) atoms. The van der Waals surface area contributed by atoms with Crippen LogP contribution in [0.4, 0.5) is 20.6 Å². The van der Waals surface area contributed by atoms with Gasteiger partial charge in [0.25, 0.3) is 0 Å². The van der Waals surface area contributed by atoms with Crippen molar-refractivity contribution in [1.82, 2.24) is 5.32 Å². The molecule has 2 heterocycles. The Labute approximate surface area is 160 Å². The van der Waals surface area contributed by atoms with Crippen LogP contribution >= 0.6 is 0 Å². The molecule has 150 valence electrons. The number of benzene rings is 1. The lowest BCUT2D eigenvalue weighted by Crippen LogP contribution is -2.34. The van der Waals surface area contributed by atoms with Crippen LogP contribution in [0.3, 0.4) is 0 Å². The van der Waals surface area contributed by atoms with Gasteiger partial charge in [-0.2, -0.15) is 4.91 Å². The van der Waals surface area contributed by atoms with Crippen LogP contribution in [0.25, 0.3) is 0 Å². The monoisotopic (exact) mass is 391 g/mol. The Bertz CT molecular complexity index is 836. The second-order valence-corrected chi connectivity index (χ2v) is 7.72. The number of piperidine rings is 1. The van der Waals surface area contributed by atoms with Gasteiger partial charge in [0.2, 0.25) is 5.91 Å². The maximum absolute atomic E-state index is 14.8. The number of nitrogens with one attached hydrogen (secondary N) is 1. The predicted molar refractivity (Wildman–Crippen MR) is 99.5 cm³/mol. The van der Waals surface area contributed by atoms with E-state index in [9.17, 15) is 18.9 Å². The number of hydrogen-bond acceptors (Lipinski definition) is 7. The standard InChI is InChI=1S/C18H22FN5O4/c1-10(25)21-5-12-6-24(17(26)28-12)11-2-3-15(14(19)4-11)23-7-13-16(20)18(13,9-23)8-22-27/h2-4,12-13,16H,5-9,20H2,1H3,(H,21,25)/t12-,13-,16-,18-/m0/s1. The number of ether oxygens (including phenoxy) is 1. The molecule has 3 N–H and O–H groups in total. The number of carbonyl (C=O) groups excluding carboxylic acids is 2. The fourth-order valence-corrected chi connectivity index (χ4v) is 4.38. The Morgan fingerprint density at radius 1 is 1.46 bits per heavy atom. The topological polar surface area (TPSA) is 117 Å². The Morgan fingerprint density at radius 2 is 2.25 bits per heavy atom. The van der Waals surface area contributed by atoms with Crippen LogP contribution in [-0.2, 0) is 9.53 Å². The largest absolute Gasteiger partial charge is 0.442 e. The lowest BCUT2D eigenvalue weighted by molar-refractivity contribution is -0.119. The maximum Gasteiger partial charge on any atom is 0.414 e. The highest BCUT2D eigenvalue weighted by atomic mass is 19.1. The molecule has 0 spiro atoms. The molecule has 2 saturated heterocycles. The number of halogens is 1. The molecule has 1 aromatic carbocycles. The summed E-state index contributed by atoms with van der Waals surface area (Å²) < 4.78 is 20.0. The molecule has 4 rings (SSSR count). The molecule has 3 fully saturated rings. The van der Waals surface area contributed by atoms with Crippen LogP contribution in [0.1, 0.15) is 6.92 Å². The number of nitroso groups, excluding NO2 is 1. The average molecular weight is 391 g/mol. The highest BCUT2D eigenvalue weighted by molar-refractivity contribution is 5.90. The van der Waals surface area contributed by atoms with E-state index in [2.05, 4.69) is 10.5 Å². The smallest absolute Gasteiger partial charge is 0.414 e. The summed E-state index contributed by atoms with van der Waals surface area (Å²) in [7, 11) is 0. The Kier molecular flexibility index (Phi) is 4.45. The summed E-state index contributed by atoms with van der Waals surface area (Å²) in [5.41, 5.74) is 6.50. The minimum atomic E-state index is -0.577. The predicted octanol–water partition coefficient (Wildman–Crippen LogP) is 0.817. The first kappa shape index (κ1) is 18.6. The molecule has 0 unspecified atom stereocenters. The summed E-state index contributed by atoms with van der Waals surface area (Å²) in [5, 5.41) is 5.60. The van der Waals surface area contributed by atoms with Crippen molar-refractivity contribution in [3.05, 3.63) is 28.9 Å². The van der Waals surface area contributed by atoms with Crippen LogP contribution in [0.2, 0.25) is 0 Å². The summed E-state index contributed by atoms with van der Waals surface area (Å²) >= 11 is 0. The lowest BCUT2D eigenvalue weighted by atomic mass is 10.1. The van der Waals surface area contributed by atoms with E-state index >= 15 is 0 Å². The molecule has 1 saturated carbocycles. The van der Waals surface area contributed by atoms with Crippen molar-refractivity contribution in [2.24, 2.45) is 22.2 Å². The van der Waals surface area contributed by atoms with Gasteiger partial charge in [0.1, 0.15) is 11.9 Å². The molecular formula is C18H22FN5O4. The van der Waals surface area contributed by atoms with E-state index in [-0.39, 0.29) is 42.9 Å². The second-order valence-electron chi connectivity index (χ2n) is 7.72. The van der Waals surface area contributed by atoms with E-state index in [1.165, 1.54) is 17.9 Å². The molecule has 2 amide bonds. The third-order valence-electron chi connectivity index (χ3n) is 6.02. The van der Waals surface area contributed by atoms with E-state index in [0.717, 1.165) is 0 Å². The molecule has 0 bridgehead atoms. The molecule has 1 aliphatic carbocycles.